The molecule has 0 aliphatic heterocycles. The van der Waals surface area contributed by atoms with Crippen LogP contribution in [0.1, 0.15) is 0 Å². The molecule has 0 heterocycles. The molecule has 0 bridgehead atoms. The van der Waals surface area contributed by atoms with Gasteiger partial charge in [0, 0.05) is 18.0 Å². The molecule has 26 heavy (non-hydrogen) atoms. The summed E-state index contributed by atoms with van der Waals surface area (Å²) >= 11 is 0. The lowest BCUT2D eigenvalue weighted by atomic mass is 10.3. The lowest BCUT2D eigenvalue weighted by Crippen LogP contribution is -2.23. The molecule has 0 radical (unpaired) electrons. The number of nitrogens with two attached hydrogens (primary N) is 1. The molecule has 140 valence electrons. The molecular weight excluding hydrogens is 354 g/mol. The van der Waals surface area contributed by atoms with E-state index in [0.29, 0.717) is 18.9 Å². The van der Waals surface area contributed by atoms with Crippen molar-refractivity contribution >= 4 is 21.5 Å². The van der Waals surface area contributed by atoms with Gasteiger partial charge in [-0.05, 0) is 24.3 Å². The van der Waals surface area contributed by atoms with Crippen LogP contribution in [0.4, 0.5) is 5.69 Å². The quantitative estimate of drug-likeness (QED) is 0.395. The first-order valence-electron chi connectivity index (χ1n) is 8.08. The van der Waals surface area contributed by atoms with Crippen molar-refractivity contribution in [3.63, 3.8) is 0 Å². The minimum atomic E-state index is -3.00. The Morgan fingerprint density at radius 3 is 2.54 bits per heavy atom. The van der Waals surface area contributed by atoms with Gasteiger partial charge in [0.2, 0.25) is 0 Å². The molecule has 0 spiro atoms. The average Bonchev–Trinajstić information content (AvgIpc) is 2.58. The Balaban J connectivity index is 1.79. The van der Waals surface area contributed by atoms with Crippen molar-refractivity contribution in [1.29, 1.82) is 0 Å². The molecule has 7 nitrogen and oxygen atoms in total. The van der Waals surface area contributed by atoms with Gasteiger partial charge in [0.15, 0.2) is 5.96 Å². The molecule has 3 N–H and O–H groups in total. The molecule has 8 heteroatoms. The maximum atomic E-state index is 11.0. The van der Waals surface area contributed by atoms with Crippen molar-refractivity contribution in [3.8, 4) is 11.5 Å². The van der Waals surface area contributed by atoms with Gasteiger partial charge in [-0.2, -0.15) is 0 Å². The molecule has 0 fully saturated rings. The van der Waals surface area contributed by atoms with E-state index >= 15 is 0 Å². The third-order valence-corrected chi connectivity index (χ3v) is 4.11. The van der Waals surface area contributed by atoms with Gasteiger partial charge in [0.1, 0.15) is 21.3 Å². The Hall–Kier alpha value is -2.58. The van der Waals surface area contributed by atoms with E-state index in [-0.39, 0.29) is 18.3 Å². The molecule has 2 aromatic carbocycles. The number of benzene rings is 2. The van der Waals surface area contributed by atoms with Crippen LogP contribution < -0.4 is 15.8 Å². The Kier molecular flexibility index (Phi) is 7.43. The predicted octanol–water partition coefficient (Wildman–Crippen LogP) is 2.27. The van der Waals surface area contributed by atoms with Gasteiger partial charge >= 0.3 is 0 Å². The van der Waals surface area contributed by atoms with Crippen molar-refractivity contribution in [2.24, 2.45) is 10.7 Å². The van der Waals surface area contributed by atoms with Crippen molar-refractivity contribution in [2.45, 2.75) is 0 Å². The van der Waals surface area contributed by atoms with Crippen LogP contribution in [0.15, 0.2) is 59.6 Å². The third-order valence-electron chi connectivity index (χ3n) is 3.20. The molecule has 0 amide bonds. The van der Waals surface area contributed by atoms with Gasteiger partial charge in [0.25, 0.3) is 0 Å². The number of nitrogens with zero attached hydrogens (tertiary/aromatic N) is 1. The van der Waals surface area contributed by atoms with Crippen LogP contribution in [0.2, 0.25) is 0 Å². The number of hydrogen-bond donors (Lipinski definition) is 2. The standard InChI is InChI=1S/C18H23N3O4S/c1-26(22,23)13-12-24-11-10-20-18(19)21-15-6-5-9-17(14-15)25-16-7-3-2-4-8-16/h2-9,14H,10-13H2,1H3,(H3,19,20,21). The van der Waals surface area contributed by atoms with E-state index in [1.54, 1.807) is 0 Å². The van der Waals surface area contributed by atoms with E-state index in [4.69, 9.17) is 15.2 Å². The number of hydrogen-bond acceptors (Lipinski definition) is 5. The van der Waals surface area contributed by atoms with Gasteiger partial charge in [-0.15, -0.1) is 0 Å². The van der Waals surface area contributed by atoms with E-state index in [1.165, 1.54) is 6.26 Å². The molecule has 0 atom stereocenters. The molecular formula is C18H23N3O4S. The van der Waals surface area contributed by atoms with E-state index in [0.717, 1.165) is 11.4 Å². The van der Waals surface area contributed by atoms with Gasteiger partial charge < -0.3 is 20.5 Å². The minimum absolute atomic E-state index is 0.00134. The normalized spacial score (nSPS) is 12.0. The Morgan fingerprint density at radius 2 is 1.81 bits per heavy atom. The lowest BCUT2D eigenvalue weighted by molar-refractivity contribution is 0.157. The fourth-order valence-corrected chi connectivity index (χ4v) is 2.41. The van der Waals surface area contributed by atoms with E-state index in [9.17, 15) is 8.42 Å². The summed E-state index contributed by atoms with van der Waals surface area (Å²) in [5.41, 5.74) is 6.59. The summed E-state index contributed by atoms with van der Waals surface area (Å²) in [5.74, 6) is 1.67. The van der Waals surface area contributed by atoms with Crippen LogP contribution in [-0.4, -0.2) is 46.1 Å². The highest BCUT2D eigenvalue weighted by Crippen LogP contribution is 2.23. The summed E-state index contributed by atoms with van der Waals surface area (Å²) in [4.78, 5) is 4.14. The lowest BCUT2D eigenvalue weighted by Gasteiger charge is -2.09. The largest absolute Gasteiger partial charge is 0.457 e. The van der Waals surface area contributed by atoms with Gasteiger partial charge in [-0.25, -0.2) is 8.42 Å². The zero-order valence-corrected chi connectivity index (χ0v) is 15.4. The van der Waals surface area contributed by atoms with Crippen molar-refractivity contribution in [2.75, 3.05) is 37.1 Å². The van der Waals surface area contributed by atoms with Gasteiger partial charge in [0.05, 0.1) is 25.5 Å². The summed E-state index contributed by atoms with van der Waals surface area (Å²) in [5, 5.41) is 2.98. The molecule has 0 unspecified atom stereocenters. The number of nitrogens with one attached hydrogen (secondary N) is 1. The average molecular weight is 377 g/mol. The number of para-hydroxylation sites is 1. The SMILES string of the molecule is CS(=O)(=O)CCOCCN=C(N)Nc1cccc(Oc2ccccc2)c1. The number of anilines is 1. The molecule has 0 aromatic heterocycles. The summed E-state index contributed by atoms with van der Waals surface area (Å²) in [6.45, 7) is 0.790. The second-order valence-electron chi connectivity index (χ2n) is 5.58. The fourth-order valence-electron chi connectivity index (χ4n) is 1.99. The molecule has 0 aliphatic rings. The predicted molar refractivity (Wildman–Crippen MR) is 104 cm³/mol. The highest BCUT2D eigenvalue weighted by atomic mass is 32.2. The maximum Gasteiger partial charge on any atom is 0.193 e. The summed E-state index contributed by atoms with van der Waals surface area (Å²) in [7, 11) is -3.00. The van der Waals surface area contributed by atoms with Gasteiger partial charge in [-0.3, -0.25) is 4.99 Å². The van der Waals surface area contributed by atoms with Crippen molar-refractivity contribution in [3.05, 3.63) is 54.6 Å². The minimum Gasteiger partial charge on any atom is -0.457 e. The summed E-state index contributed by atoms with van der Waals surface area (Å²) in [6, 6.07) is 16.8. The highest BCUT2D eigenvalue weighted by Gasteiger charge is 2.02. The molecule has 0 aliphatic carbocycles. The first-order valence-corrected chi connectivity index (χ1v) is 10.1. The fraction of sp³-hybridized carbons (Fsp3) is 0.278. The Labute approximate surface area is 153 Å². The van der Waals surface area contributed by atoms with Crippen LogP contribution in [0.3, 0.4) is 0 Å². The number of ether oxygens (including phenoxy) is 2. The van der Waals surface area contributed by atoms with Crippen LogP contribution in [-0.2, 0) is 14.6 Å². The molecule has 2 aromatic rings. The first kappa shape index (κ1) is 19.7. The van der Waals surface area contributed by atoms with Crippen LogP contribution in [0.5, 0.6) is 11.5 Å². The topological polar surface area (TPSA) is 103 Å². The summed E-state index contributed by atoms with van der Waals surface area (Å²) < 4.78 is 32.9. The van der Waals surface area contributed by atoms with Crippen LogP contribution in [0, 0.1) is 0 Å². The highest BCUT2D eigenvalue weighted by molar-refractivity contribution is 7.90. The second kappa shape index (κ2) is 9.79. The summed E-state index contributed by atoms with van der Waals surface area (Å²) in [6.07, 6.45) is 1.17. The zero-order valence-electron chi connectivity index (χ0n) is 14.6. The van der Waals surface area contributed by atoms with Crippen LogP contribution >= 0.6 is 0 Å². The number of guanidine groups is 1. The van der Waals surface area contributed by atoms with E-state index < -0.39 is 9.84 Å². The maximum absolute atomic E-state index is 11.0. The number of sulfone groups is 1. The molecule has 0 saturated heterocycles. The monoisotopic (exact) mass is 377 g/mol. The van der Waals surface area contributed by atoms with Crippen molar-refractivity contribution in [1.82, 2.24) is 0 Å². The number of rotatable bonds is 9. The van der Waals surface area contributed by atoms with Gasteiger partial charge in [-0.1, -0.05) is 24.3 Å². The van der Waals surface area contributed by atoms with E-state index in [1.807, 2.05) is 54.6 Å². The Morgan fingerprint density at radius 1 is 1.08 bits per heavy atom. The first-order chi connectivity index (χ1) is 12.4. The molecule has 2 rings (SSSR count). The van der Waals surface area contributed by atoms with Crippen LogP contribution in [0.25, 0.3) is 0 Å². The van der Waals surface area contributed by atoms with Crippen molar-refractivity contribution < 1.29 is 17.9 Å². The smallest absolute Gasteiger partial charge is 0.193 e. The van der Waals surface area contributed by atoms with E-state index in [2.05, 4.69) is 10.3 Å². The Bertz CT molecular complexity index is 823. The zero-order chi connectivity index (χ0) is 18.8. The number of aliphatic imine (C=N–C) groups is 1. The second-order valence-corrected chi connectivity index (χ2v) is 7.84. The molecule has 0 saturated carbocycles. The third kappa shape index (κ3) is 8.00.